The van der Waals surface area contributed by atoms with Crippen molar-refractivity contribution in [2.24, 2.45) is 5.92 Å². The molecule has 7 heteroatoms. The van der Waals surface area contributed by atoms with Gasteiger partial charge in [-0.25, -0.2) is 4.98 Å². The van der Waals surface area contributed by atoms with Gasteiger partial charge in [-0.3, -0.25) is 14.3 Å². The van der Waals surface area contributed by atoms with Gasteiger partial charge in [-0.15, -0.1) is 0 Å². The third-order valence-corrected chi connectivity index (χ3v) is 6.09. The minimum absolute atomic E-state index is 0.278. The maximum Gasteiger partial charge on any atom is 0.236 e. The Labute approximate surface area is 171 Å². The molecule has 2 aliphatic heterocycles. The minimum Gasteiger partial charge on any atom is -0.342 e. The number of piperazine rings is 1. The number of benzene rings is 1. The predicted octanol–water partition coefficient (Wildman–Crippen LogP) is 2.91. The third kappa shape index (κ3) is 4.33. The molecule has 150 valence electrons. The summed E-state index contributed by atoms with van der Waals surface area (Å²) in [7, 11) is 0. The fourth-order valence-electron chi connectivity index (χ4n) is 4.01. The normalized spacial score (nSPS) is 19.2. The van der Waals surface area contributed by atoms with Gasteiger partial charge in [0.25, 0.3) is 0 Å². The van der Waals surface area contributed by atoms with Crippen LogP contribution in [0.15, 0.2) is 36.7 Å². The molecule has 0 radical (unpaired) electrons. The molecule has 6 nitrogen and oxygen atoms in total. The van der Waals surface area contributed by atoms with E-state index in [2.05, 4.69) is 26.3 Å². The molecule has 28 heavy (non-hydrogen) atoms. The number of piperidine rings is 1. The van der Waals surface area contributed by atoms with Crippen LogP contribution in [0.5, 0.6) is 0 Å². The first kappa shape index (κ1) is 19.3. The first-order valence-corrected chi connectivity index (χ1v) is 10.5. The van der Waals surface area contributed by atoms with Crippen LogP contribution >= 0.6 is 11.6 Å². The first-order chi connectivity index (χ1) is 13.6. The van der Waals surface area contributed by atoms with Crippen LogP contribution in [0.3, 0.4) is 0 Å². The summed E-state index contributed by atoms with van der Waals surface area (Å²) in [4.78, 5) is 23.7. The highest BCUT2D eigenvalue weighted by Crippen LogP contribution is 2.22. The zero-order valence-corrected chi connectivity index (χ0v) is 17.2. The maximum atomic E-state index is 12.6. The average Bonchev–Trinajstić information content (AvgIpc) is 3.19. The molecule has 0 bridgehead atoms. The molecular formula is C21H28ClN5O. The zero-order valence-electron chi connectivity index (χ0n) is 16.4. The van der Waals surface area contributed by atoms with E-state index < -0.39 is 0 Å². The van der Waals surface area contributed by atoms with Gasteiger partial charge in [-0.05, 0) is 37.0 Å². The maximum absolute atomic E-state index is 12.6. The summed E-state index contributed by atoms with van der Waals surface area (Å²) < 4.78 is 2.07. The van der Waals surface area contributed by atoms with Crippen molar-refractivity contribution in [1.82, 2.24) is 19.4 Å². The number of rotatable bonds is 4. The average molecular weight is 402 g/mol. The third-order valence-electron chi connectivity index (χ3n) is 5.86. The monoisotopic (exact) mass is 401 g/mol. The van der Waals surface area contributed by atoms with Crippen LogP contribution in [0.25, 0.3) is 5.69 Å². The minimum atomic E-state index is 0.278. The van der Waals surface area contributed by atoms with Gasteiger partial charge < -0.3 is 9.80 Å². The van der Waals surface area contributed by atoms with Crippen molar-refractivity contribution >= 4 is 23.5 Å². The van der Waals surface area contributed by atoms with Crippen molar-refractivity contribution in [3.05, 3.63) is 41.7 Å². The molecular weight excluding hydrogens is 374 g/mol. The molecule has 0 saturated carbocycles. The van der Waals surface area contributed by atoms with Gasteiger partial charge in [0.05, 0.1) is 6.54 Å². The number of anilines is 1. The van der Waals surface area contributed by atoms with E-state index in [1.165, 1.54) is 0 Å². The smallest absolute Gasteiger partial charge is 0.236 e. The number of carbonyl (C=O) groups is 1. The SMILES string of the molecule is CC1CCN(C(=O)CN2CCN(c3nccn3-c3cccc(Cl)c3)CC2)CC1. The van der Waals surface area contributed by atoms with Crippen molar-refractivity contribution in [3.63, 3.8) is 0 Å². The number of carbonyl (C=O) groups excluding carboxylic acids is 1. The van der Waals surface area contributed by atoms with E-state index in [1.54, 1.807) is 0 Å². The number of hydrogen-bond donors (Lipinski definition) is 0. The van der Waals surface area contributed by atoms with E-state index in [0.717, 1.165) is 69.7 Å². The summed E-state index contributed by atoms with van der Waals surface area (Å²) in [5.74, 6) is 1.95. The molecule has 0 atom stereocenters. The van der Waals surface area contributed by atoms with E-state index in [0.29, 0.717) is 11.6 Å². The van der Waals surface area contributed by atoms with Gasteiger partial charge >= 0.3 is 0 Å². The van der Waals surface area contributed by atoms with Crippen LogP contribution in [-0.2, 0) is 4.79 Å². The van der Waals surface area contributed by atoms with Gasteiger partial charge in [0.15, 0.2) is 0 Å². The van der Waals surface area contributed by atoms with Gasteiger partial charge in [0, 0.05) is 62.4 Å². The van der Waals surface area contributed by atoms with E-state index in [4.69, 9.17) is 11.6 Å². The van der Waals surface area contributed by atoms with Gasteiger partial charge in [-0.1, -0.05) is 24.6 Å². The Bertz CT molecular complexity index is 807. The molecule has 2 aliphatic rings. The lowest BCUT2D eigenvalue weighted by atomic mass is 9.99. The molecule has 1 amide bonds. The summed E-state index contributed by atoms with van der Waals surface area (Å²) in [5, 5.41) is 0.715. The lowest BCUT2D eigenvalue weighted by molar-refractivity contribution is -0.133. The molecule has 1 aromatic carbocycles. The number of imidazole rings is 1. The molecule has 0 N–H and O–H groups in total. The quantitative estimate of drug-likeness (QED) is 0.790. The van der Waals surface area contributed by atoms with E-state index in [1.807, 2.05) is 41.6 Å². The summed E-state index contributed by atoms with van der Waals surface area (Å²) in [6.45, 7) is 8.11. The van der Waals surface area contributed by atoms with Crippen molar-refractivity contribution < 1.29 is 4.79 Å². The van der Waals surface area contributed by atoms with Gasteiger partial charge in [0.1, 0.15) is 0 Å². The number of likely N-dealkylation sites (tertiary alicyclic amines) is 1. The molecule has 2 aromatic rings. The van der Waals surface area contributed by atoms with Crippen LogP contribution in [-0.4, -0.2) is 71.1 Å². The summed E-state index contributed by atoms with van der Waals surface area (Å²) in [6, 6.07) is 7.80. The molecule has 2 fully saturated rings. The van der Waals surface area contributed by atoms with E-state index >= 15 is 0 Å². The van der Waals surface area contributed by atoms with Crippen LogP contribution in [0.1, 0.15) is 19.8 Å². The molecule has 3 heterocycles. The molecule has 0 spiro atoms. The largest absolute Gasteiger partial charge is 0.342 e. The van der Waals surface area contributed by atoms with E-state index in [-0.39, 0.29) is 5.91 Å². The predicted molar refractivity (Wildman–Crippen MR) is 112 cm³/mol. The van der Waals surface area contributed by atoms with Crippen LogP contribution in [0, 0.1) is 5.92 Å². The Morgan fingerprint density at radius 1 is 1.14 bits per heavy atom. The van der Waals surface area contributed by atoms with Gasteiger partial charge in [-0.2, -0.15) is 0 Å². The fourth-order valence-corrected chi connectivity index (χ4v) is 4.20. The van der Waals surface area contributed by atoms with Crippen molar-refractivity contribution in [1.29, 1.82) is 0 Å². The number of nitrogens with zero attached hydrogens (tertiary/aromatic N) is 5. The molecule has 0 aliphatic carbocycles. The van der Waals surface area contributed by atoms with Crippen molar-refractivity contribution in [2.45, 2.75) is 19.8 Å². The summed E-state index contributed by atoms with van der Waals surface area (Å²) in [5.41, 5.74) is 1.01. The Morgan fingerprint density at radius 3 is 2.61 bits per heavy atom. The second-order valence-corrected chi connectivity index (χ2v) is 8.34. The summed E-state index contributed by atoms with van der Waals surface area (Å²) in [6.07, 6.45) is 6.05. The number of hydrogen-bond acceptors (Lipinski definition) is 4. The Hall–Kier alpha value is -2.05. The lowest BCUT2D eigenvalue weighted by Crippen LogP contribution is -2.51. The lowest BCUT2D eigenvalue weighted by Gasteiger charge is -2.37. The highest BCUT2D eigenvalue weighted by atomic mass is 35.5. The highest BCUT2D eigenvalue weighted by molar-refractivity contribution is 6.30. The van der Waals surface area contributed by atoms with Crippen LogP contribution in [0.4, 0.5) is 5.95 Å². The van der Waals surface area contributed by atoms with Crippen LogP contribution in [0.2, 0.25) is 5.02 Å². The Kier molecular flexibility index (Phi) is 5.87. The highest BCUT2D eigenvalue weighted by Gasteiger charge is 2.25. The fraction of sp³-hybridized carbons (Fsp3) is 0.524. The van der Waals surface area contributed by atoms with E-state index in [9.17, 15) is 4.79 Å². The number of amides is 1. The van der Waals surface area contributed by atoms with Gasteiger partial charge in [0.2, 0.25) is 11.9 Å². The topological polar surface area (TPSA) is 44.6 Å². The Balaban J connectivity index is 1.34. The zero-order chi connectivity index (χ0) is 19.5. The van der Waals surface area contributed by atoms with Crippen molar-refractivity contribution in [2.75, 3.05) is 50.7 Å². The number of halogens is 1. The number of aromatic nitrogens is 2. The van der Waals surface area contributed by atoms with Crippen molar-refractivity contribution in [3.8, 4) is 5.69 Å². The first-order valence-electron chi connectivity index (χ1n) is 10.1. The molecule has 4 rings (SSSR count). The van der Waals surface area contributed by atoms with Crippen LogP contribution < -0.4 is 4.90 Å². The summed E-state index contributed by atoms with van der Waals surface area (Å²) >= 11 is 6.15. The molecule has 1 aromatic heterocycles. The Morgan fingerprint density at radius 2 is 1.89 bits per heavy atom. The second-order valence-electron chi connectivity index (χ2n) is 7.90. The molecule has 0 unspecified atom stereocenters. The second kappa shape index (κ2) is 8.53. The molecule has 2 saturated heterocycles. The standard InChI is InChI=1S/C21H28ClN5O/c1-17-5-8-25(9-6-17)20(28)16-24-11-13-26(14-12-24)21-23-7-10-27(21)19-4-2-3-18(22)15-19/h2-4,7,10,15,17H,5-6,8-9,11-14,16H2,1H3.